The van der Waals surface area contributed by atoms with E-state index in [0.717, 1.165) is 25.9 Å². The maximum Gasteiger partial charge on any atom is 0.352 e. The fourth-order valence-corrected chi connectivity index (χ4v) is 4.31. The van der Waals surface area contributed by atoms with E-state index < -0.39 is 22.9 Å². The Balaban J connectivity index is 1.54. The fraction of sp³-hybridized carbons (Fsp3) is 0.214. The molecule has 38 heavy (non-hydrogen) atoms. The van der Waals surface area contributed by atoms with Crippen molar-refractivity contribution in [2.24, 2.45) is 0 Å². The van der Waals surface area contributed by atoms with Crippen molar-refractivity contribution in [3.63, 3.8) is 0 Å². The largest absolute Gasteiger partial charge is 0.497 e. The first-order valence-corrected chi connectivity index (χ1v) is 11.9. The SMILES string of the molecule is COc1cccc(Cn2c(=O)c(C(=O)NCc3ccc4c(c3)OCO4)nn(-c3cc(C)cc(C)c3)c2=O)c1. The molecule has 2 heterocycles. The van der Waals surface area contributed by atoms with Gasteiger partial charge in [0.2, 0.25) is 12.5 Å². The van der Waals surface area contributed by atoms with E-state index in [4.69, 9.17) is 14.2 Å². The van der Waals surface area contributed by atoms with E-state index in [-0.39, 0.29) is 19.9 Å². The predicted octanol–water partition coefficient (Wildman–Crippen LogP) is 2.73. The summed E-state index contributed by atoms with van der Waals surface area (Å²) in [5.74, 6) is 1.09. The van der Waals surface area contributed by atoms with E-state index in [2.05, 4.69) is 10.4 Å². The molecule has 10 nitrogen and oxygen atoms in total. The summed E-state index contributed by atoms with van der Waals surface area (Å²) in [5, 5.41) is 6.95. The number of ether oxygens (including phenoxy) is 3. The molecule has 0 radical (unpaired) electrons. The second-order valence-corrected chi connectivity index (χ2v) is 9.00. The standard InChI is InChI=1S/C28H26N4O6/c1-17-9-18(2)11-21(10-17)32-28(35)31(15-20-5-4-6-22(12-20)36-3)27(34)25(30-32)26(33)29-14-19-7-8-23-24(13-19)38-16-37-23/h4-13H,14-16H2,1-3H3,(H,29,33). The van der Waals surface area contributed by atoms with Crippen molar-refractivity contribution in [3.8, 4) is 22.9 Å². The van der Waals surface area contributed by atoms with Crippen LogP contribution in [0.25, 0.3) is 5.69 Å². The number of amides is 1. The van der Waals surface area contributed by atoms with Gasteiger partial charge < -0.3 is 19.5 Å². The van der Waals surface area contributed by atoms with Crippen LogP contribution in [-0.4, -0.2) is 34.2 Å². The van der Waals surface area contributed by atoms with Gasteiger partial charge in [0.15, 0.2) is 11.5 Å². The van der Waals surface area contributed by atoms with Crippen LogP contribution in [0.15, 0.2) is 70.3 Å². The van der Waals surface area contributed by atoms with E-state index in [0.29, 0.717) is 28.5 Å². The third kappa shape index (κ3) is 5.01. The number of rotatable bonds is 7. The highest BCUT2D eigenvalue weighted by atomic mass is 16.7. The number of hydrogen-bond acceptors (Lipinski definition) is 7. The Labute approximate surface area is 218 Å². The lowest BCUT2D eigenvalue weighted by molar-refractivity contribution is 0.0941. The van der Waals surface area contributed by atoms with Crippen molar-refractivity contribution >= 4 is 5.91 Å². The molecule has 0 saturated carbocycles. The average molecular weight is 515 g/mol. The number of aromatic nitrogens is 3. The van der Waals surface area contributed by atoms with Gasteiger partial charge in [-0.25, -0.2) is 4.79 Å². The van der Waals surface area contributed by atoms with Gasteiger partial charge >= 0.3 is 5.69 Å². The van der Waals surface area contributed by atoms with Crippen LogP contribution in [-0.2, 0) is 13.1 Å². The van der Waals surface area contributed by atoms with Crippen LogP contribution in [0.2, 0.25) is 0 Å². The van der Waals surface area contributed by atoms with Crippen LogP contribution in [0.5, 0.6) is 17.2 Å². The zero-order chi connectivity index (χ0) is 26.8. The van der Waals surface area contributed by atoms with Gasteiger partial charge in [-0.05, 0) is 72.5 Å². The summed E-state index contributed by atoms with van der Waals surface area (Å²) < 4.78 is 18.1. The Morgan fingerprint density at radius 1 is 0.974 bits per heavy atom. The molecule has 0 unspecified atom stereocenters. The van der Waals surface area contributed by atoms with Crippen LogP contribution in [0.4, 0.5) is 0 Å². The zero-order valence-electron chi connectivity index (χ0n) is 21.2. The first-order chi connectivity index (χ1) is 18.3. The van der Waals surface area contributed by atoms with Crippen LogP contribution in [0, 0.1) is 13.8 Å². The molecule has 0 aliphatic carbocycles. The number of carbonyl (C=O) groups is 1. The molecular weight excluding hydrogens is 488 g/mol. The molecular formula is C28H26N4O6. The molecule has 0 fully saturated rings. The minimum absolute atomic E-state index is 0.0649. The third-order valence-corrected chi connectivity index (χ3v) is 6.09. The van der Waals surface area contributed by atoms with Gasteiger partial charge in [-0.3, -0.25) is 14.2 Å². The highest BCUT2D eigenvalue weighted by molar-refractivity contribution is 5.91. The molecule has 0 spiro atoms. The smallest absolute Gasteiger partial charge is 0.352 e. The molecule has 3 aromatic carbocycles. The monoisotopic (exact) mass is 514 g/mol. The Morgan fingerprint density at radius 2 is 1.74 bits per heavy atom. The van der Waals surface area contributed by atoms with Gasteiger partial charge in [0.1, 0.15) is 5.75 Å². The van der Waals surface area contributed by atoms with Crippen LogP contribution in [0.1, 0.15) is 32.7 Å². The molecule has 1 amide bonds. The molecule has 0 atom stereocenters. The van der Waals surface area contributed by atoms with Gasteiger partial charge in [-0.2, -0.15) is 9.78 Å². The number of hydrogen-bond donors (Lipinski definition) is 1. The Bertz CT molecular complexity index is 1640. The summed E-state index contributed by atoms with van der Waals surface area (Å²) in [6.45, 7) is 3.99. The Kier molecular flexibility index (Phi) is 6.69. The van der Waals surface area contributed by atoms with Crippen molar-refractivity contribution in [1.82, 2.24) is 19.7 Å². The summed E-state index contributed by atoms with van der Waals surface area (Å²) in [5.41, 5.74) is 1.84. The lowest BCUT2D eigenvalue weighted by Crippen LogP contribution is -2.46. The molecule has 5 rings (SSSR count). The molecule has 1 N–H and O–H groups in total. The molecule has 194 valence electrons. The highest BCUT2D eigenvalue weighted by Crippen LogP contribution is 2.32. The van der Waals surface area contributed by atoms with Crippen molar-refractivity contribution in [3.05, 3.63) is 109 Å². The number of nitrogens with one attached hydrogen (secondary N) is 1. The second-order valence-electron chi connectivity index (χ2n) is 9.00. The second kappa shape index (κ2) is 10.3. The minimum Gasteiger partial charge on any atom is -0.497 e. The molecule has 1 aliphatic rings. The average Bonchev–Trinajstić information content (AvgIpc) is 3.37. The molecule has 4 aromatic rings. The van der Waals surface area contributed by atoms with Crippen molar-refractivity contribution in [2.75, 3.05) is 13.9 Å². The number of benzene rings is 3. The van der Waals surface area contributed by atoms with Gasteiger partial charge in [0.05, 0.1) is 19.3 Å². The van der Waals surface area contributed by atoms with E-state index in [1.165, 1.54) is 7.11 Å². The van der Waals surface area contributed by atoms with Crippen molar-refractivity contribution in [2.45, 2.75) is 26.9 Å². The number of nitrogens with zero attached hydrogens (tertiary/aromatic N) is 3. The van der Waals surface area contributed by atoms with Gasteiger partial charge in [0.25, 0.3) is 11.5 Å². The molecule has 10 heteroatoms. The fourth-order valence-electron chi connectivity index (χ4n) is 4.31. The van der Waals surface area contributed by atoms with Crippen LogP contribution >= 0.6 is 0 Å². The number of aryl methyl sites for hydroxylation is 2. The first kappa shape index (κ1) is 24.8. The molecule has 0 saturated heterocycles. The lowest BCUT2D eigenvalue weighted by Gasteiger charge is -2.14. The predicted molar refractivity (Wildman–Crippen MR) is 139 cm³/mol. The zero-order valence-corrected chi connectivity index (χ0v) is 21.2. The molecule has 1 aromatic heterocycles. The summed E-state index contributed by atoms with van der Waals surface area (Å²) in [4.78, 5) is 40.2. The summed E-state index contributed by atoms with van der Waals surface area (Å²) in [6, 6.07) is 17.8. The van der Waals surface area contributed by atoms with Gasteiger partial charge in [0, 0.05) is 6.54 Å². The number of carbonyl (C=O) groups excluding carboxylic acids is 1. The van der Waals surface area contributed by atoms with Crippen molar-refractivity contribution < 1.29 is 19.0 Å². The molecule has 1 aliphatic heterocycles. The summed E-state index contributed by atoms with van der Waals surface area (Å²) >= 11 is 0. The quantitative estimate of drug-likeness (QED) is 0.403. The third-order valence-electron chi connectivity index (χ3n) is 6.09. The van der Waals surface area contributed by atoms with E-state index in [1.807, 2.05) is 19.9 Å². The Morgan fingerprint density at radius 3 is 2.50 bits per heavy atom. The van der Waals surface area contributed by atoms with Gasteiger partial charge in [-0.1, -0.05) is 24.3 Å². The highest BCUT2D eigenvalue weighted by Gasteiger charge is 2.21. The number of methoxy groups -OCH3 is 1. The number of fused-ring (bicyclic) bond motifs is 1. The minimum atomic E-state index is -0.790. The van der Waals surface area contributed by atoms with Gasteiger partial charge in [-0.15, -0.1) is 0 Å². The van der Waals surface area contributed by atoms with Crippen molar-refractivity contribution in [1.29, 1.82) is 0 Å². The van der Waals surface area contributed by atoms with E-state index >= 15 is 0 Å². The van der Waals surface area contributed by atoms with E-state index in [1.54, 1.807) is 54.6 Å². The summed E-state index contributed by atoms with van der Waals surface area (Å²) in [7, 11) is 1.54. The Hall–Kier alpha value is -4.86. The maximum absolute atomic E-state index is 13.5. The normalized spacial score (nSPS) is 11.9. The molecule has 0 bridgehead atoms. The van der Waals surface area contributed by atoms with Crippen LogP contribution < -0.4 is 30.8 Å². The van der Waals surface area contributed by atoms with E-state index in [9.17, 15) is 14.4 Å². The maximum atomic E-state index is 13.5. The first-order valence-electron chi connectivity index (χ1n) is 11.9. The summed E-state index contributed by atoms with van der Waals surface area (Å²) in [6.07, 6.45) is 0. The van der Waals surface area contributed by atoms with Crippen LogP contribution in [0.3, 0.4) is 0 Å². The lowest BCUT2D eigenvalue weighted by atomic mass is 10.1. The topological polar surface area (TPSA) is 114 Å².